The van der Waals surface area contributed by atoms with Crippen LogP contribution in [0.4, 0.5) is 0 Å². The van der Waals surface area contributed by atoms with E-state index in [-0.39, 0.29) is 5.97 Å². The summed E-state index contributed by atoms with van der Waals surface area (Å²) in [6.45, 7) is 4.63. The van der Waals surface area contributed by atoms with Gasteiger partial charge in [-0.25, -0.2) is 4.79 Å². The van der Waals surface area contributed by atoms with Crippen molar-refractivity contribution < 1.29 is 9.53 Å². The molecule has 1 atom stereocenters. The quantitative estimate of drug-likeness (QED) is 0.781. The van der Waals surface area contributed by atoms with Gasteiger partial charge in [-0.2, -0.15) is 0 Å². The maximum absolute atomic E-state index is 11.6. The van der Waals surface area contributed by atoms with Crippen molar-refractivity contribution in [2.75, 3.05) is 6.61 Å². The average molecular weight is 271 g/mol. The van der Waals surface area contributed by atoms with E-state index >= 15 is 0 Å². The predicted molar refractivity (Wildman–Crippen MR) is 63.9 cm³/mol. The summed E-state index contributed by atoms with van der Waals surface area (Å²) in [5.74, 6) is 0.152. The number of carbonyl (C=O) groups excluding carboxylic acids is 1. The lowest BCUT2D eigenvalue weighted by Crippen LogP contribution is -2.11. The molecule has 0 N–H and O–H groups in total. The number of hydrogen-bond acceptors (Lipinski definition) is 2. The van der Waals surface area contributed by atoms with Crippen molar-refractivity contribution in [1.82, 2.24) is 0 Å². The molecule has 0 saturated heterocycles. The molecule has 0 radical (unpaired) electrons. The summed E-state index contributed by atoms with van der Waals surface area (Å²) in [6, 6.07) is 7.28. The second-order valence-electron chi connectivity index (χ2n) is 3.59. The molecule has 0 aliphatic heterocycles. The van der Waals surface area contributed by atoms with E-state index in [4.69, 9.17) is 4.74 Å². The van der Waals surface area contributed by atoms with Gasteiger partial charge in [0.1, 0.15) is 0 Å². The number of ether oxygens (including phenoxy) is 1. The Morgan fingerprint density at radius 1 is 1.47 bits per heavy atom. The summed E-state index contributed by atoms with van der Waals surface area (Å²) in [7, 11) is 0. The molecule has 0 unspecified atom stereocenters. The van der Waals surface area contributed by atoms with Gasteiger partial charge in [-0.1, -0.05) is 32.4 Å². The van der Waals surface area contributed by atoms with Gasteiger partial charge in [-0.15, -0.1) is 0 Å². The minimum atomic E-state index is -0.261. The topological polar surface area (TPSA) is 26.3 Å². The van der Waals surface area contributed by atoms with Crippen LogP contribution in [0.15, 0.2) is 28.7 Å². The normalized spacial score (nSPS) is 12.2. The number of halogens is 1. The molecule has 3 heteroatoms. The Labute approximate surface area is 98.8 Å². The van der Waals surface area contributed by atoms with Crippen LogP contribution in [0.2, 0.25) is 0 Å². The molecular weight excluding hydrogens is 256 g/mol. The second-order valence-corrected chi connectivity index (χ2v) is 4.45. The maximum Gasteiger partial charge on any atom is 0.339 e. The molecule has 0 aromatic heterocycles. The van der Waals surface area contributed by atoms with Gasteiger partial charge in [0.25, 0.3) is 0 Å². The first-order valence-electron chi connectivity index (χ1n) is 5.06. The van der Waals surface area contributed by atoms with Crippen LogP contribution in [0.3, 0.4) is 0 Å². The number of rotatable bonds is 4. The van der Waals surface area contributed by atoms with Crippen molar-refractivity contribution >= 4 is 21.9 Å². The van der Waals surface area contributed by atoms with Crippen molar-refractivity contribution in [3.63, 3.8) is 0 Å². The lowest BCUT2D eigenvalue weighted by atomic mass is 10.1. The van der Waals surface area contributed by atoms with Crippen LogP contribution in [-0.2, 0) is 4.74 Å². The Balaban J connectivity index is 2.58. The molecule has 0 spiro atoms. The van der Waals surface area contributed by atoms with Gasteiger partial charge in [0.2, 0.25) is 0 Å². The molecule has 0 bridgehead atoms. The number of esters is 1. The van der Waals surface area contributed by atoms with E-state index in [1.165, 1.54) is 0 Å². The van der Waals surface area contributed by atoms with Crippen molar-refractivity contribution in [2.45, 2.75) is 20.3 Å². The first-order chi connectivity index (χ1) is 7.15. The smallest absolute Gasteiger partial charge is 0.339 e. The minimum absolute atomic E-state index is 0.261. The molecule has 2 nitrogen and oxygen atoms in total. The molecule has 0 aliphatic carbocycles. The molecule has 0 saturated carbocycles. The van der Waals surface area contributed by atoms with E-state index in [1.807, 2.05) is 18.2 Å². The predicted octanol–water partition coefficient (Wildman–Crippen LogP) is 3.65. The lowest BCUT2D eigenvalue weighted by Gasteiger charge is -2.10. The van der Waals surface area contributed by atoms with Crippen LogP contribution in [0.1, 0.15) is 30.6 Å². The minimum Gasteiger partial charge on any atom is -0.462 e. The third-order valence-corrected chi connectivity index (χ3v) is 2.98. The summed E-state index contributed by atoms with van der Waals surface area (Å²) in [5.41, 5.74) is 0.584. The van der Waals surface area contributed by atoms with E-state index in [1.54, 1.807) is 6.07 Å². The van der Waals surface area contributed by atoms with Gasteiger partial charge in [0.05, 0.1) is 12.2 Å². The molecule has 0 aliphatic rings. The van der Waals surface area contributed by atoms with Crippen LogP contribution in [-0.4, -0.2) is 12.6 Å². The first-order valence-corrected chi connectivity index (χ1v) is 5.86. The van der Waals surface area contributed by atoms with Gasteiger partial charge in [-0.3, -0.25) is 0 Å². The molecule has 1 aromatic carbocycles. The van der Waals surface area contributed by atoms with Gasteiger partial charge in [0, 0.05) is 4.47 Å². The highest BCUT2D eigenvalue weighted by Crippen LogP contribution is 2.17. The summed E-state index contributed by atoms with van der Waals surface area (Å²) in [6.07, 6.45) is 1.02. The molecular formula is C12H15BrO2. The number of hydrogen-bond donors (Lipinski definition) is 0. The Morgan fingerprint density at radius 3 is 2.73 bits per heavy atom. The third kappa shape index (κ3) is 3.67. The van der Waals surface area contributed by atoms with E-state index in [2.05, 4.69) is 29.8 Å². The fourth-order valence-electron chi connectivity index (χ4n) is 1.04. The van der Waals surface area contributed by atoms with E-state index < -0.39 is 0 Å². The Morgan fingerprint density at radius 2 is 2.13 bits per heavy atom. The highest BCUT2D eigenvalue weighted by Gasteiger charge is 2.11. The van der Waals surface area contributed by atoms with Gasteiger partial charge in [0.15, 0.2) is 0 Å². The average Bonchev–Trinajstić information content (AvgIpc) is 2.26. The zero-order chi connectivity index (χ0) is 11.3. The Kier molecular flexibility index (Phi) is 4.82. The summed E-state index contributed by atoms with van der Waals surface area (Å²) in [5, 5.41) is 0. The zero-order valence-electron chi connectivity index (χ0n) is 9.00. The largest absolute Gasteiger partial charge is 0.462 e. The number of carbonyl (C=O) groups is 1. The van der Waals surface area contributed by atoms with Crippen molar-refractivity contribution in [3.8, 4) is 0 Å². The third-order valence-electron chi connectivity index (χ3n) is 2.29. The molecule has 82 valence electrons. The highest BCUT2D eigenvalue weighted by atomic mass is 79.9. The molecule has 1 rings (SSSR count). The SMILES string of the molecule is CC[C@H](C)COC(=O)c1ccccc1Br. The van der Waals surface area contributed by atoms with Crippen LogP contribution in [0, 0.1) is 5.92 Å². The van der Waals surface area contributed by atoms with Gasteiger partial charge >= 0.3 is 5.97 Å². The summed E-state index contributed by atoms with van der Waals surface area (Å²) >= 11 is 3.32. The first kappa shape index (κ1) is 12.2. The second kappa shape index (κ2) is 5.91. The van der Waals surface area contributed by atoms with Crippen LogP contribution in [0.25, 0.3) is 0 Å². The highest BCUT2D eigenvalue weighted by molar-refractivity contribution is 9.10. The summed E-state index contributed by atoms with van der Waals surface area (Å²) in [4.78, 5) is 11.6. The van der Waals surface area contributed by atoms with Crippen molar-refractivity contribution in [1.29, 1.82) is 0 Å². The van der Waals surface area contributed by atoms with E-state index in [0.717, 1.165) is 10.9 Å². The summed E-state index contributed by atoms with van der Waals surface area (Å²) < 4.78 is 5.97. The van der Waals surface area contributed by atoms with Crippen molar-refractivity contribution in [2.24, 2.45) is 5.92 Å². The van der Waals surface area contributed by atoms with Crippen LogP contribution in [0.5, 0.6) is 0 Å². The van der Waals surface area contributed by atoms with Crippen molar-refractivity contribution in [3.05, 3.63) is 34.3 Å². The maximum atomic E-state index is 11.6. The van der Waals surface area contributed by atoms with Gasteiger partial charge < -0.3 is 4.74 Å². The van der Waals surface area contributed by atoms with E-state index in [9.17, 15) is 4.79 Å². The standard InChI is InChI=1S/C12H15BrO2/c1-3-9(2)8-15-12(14)10-6-4-5-7-11(10)13/h4-7,9H,3,8H2,1-2H3/t9-/m0/s1. The molecule has 0 amide bonds. The Bertz CT molecular complexity index is 336. The molecule has 0 fully saturated rings. The molecule has 15 heavy (non-hydrogen) atoms. The fraction of sp³-hybridized carbons (Fsp3) is 0.417. The zero-order valence-corrected chi connectivity index (χ0v) is 10.6. The molecule has 1 aromatic rings. The van der Waals surface area contributed by atoms with Gasteiger partial charge in [-0.05, 0) is 34.0 Å². The lowest BCUT2D eigenvalue weighted by molar-refractivity contribution is 0.0446. The monoisotopic (exact) mass is 270 g/mol. The molecule has 0 heterocycles. The fourth-order valence-corrected chi connectivity index (χ4v) is 1.49. The van der Waals surface area contributed by atoms with Crippen LogP contribution < -0.4 is 0 Å². The number of benzene rings is 1. The van der Waals surface area contributed by atoms with E-state index in [0.29, 0.717) is 18.1 Å². The Hall–Kier alpha value is -0.830. The van der Waals surface area contributed by atoms with Crippen LogP contribution >= 0.6 is 15.9 Å².